The zero-order valence-electron chi connectivity index (χ0n) is 5.42. The Labute approximate surface area is 60.1 Å². The van der Waals surface area contributed by atoms with Crippen molar-refractivity contribution in [1.29, 1.82) is 0 Å². The van der Waals surface area contributed by atoms with Crippen LogP contribution in [0.15, 0.2) is 9.59 Å². The van der Waals surface area contributed by atoms with Gasteiger partial charge in [-0.1, -0.05) is 0 Å². The maximum Gasteiger partial charge on any atom is 0.326 e. The van der Waals surface area contributed by atoms with Crippen LogP contribution in [-0.2, 0) is 6.61 Å². The first-order valence-corrected chi connectivity index (χ1v) is 2.80. The molecule has 0 aliphatic carbocycles. The molecule has 0 aliphatic rings. The van der Waals surface area contributed by atoms with E-state index in [0.717, 1.165) is 0 Å². The molecule has 0 amide bonds. The van der Waals surface area contributed by atoms with Gasteiger partial charge in [0.15, 0.2) is 0 Å². The van der Waals surface area contributed by atoms with E-state index in [0.29, 0.717) is 0 Å². The summed E-state index contributed by atoms with van der Waals surface area (Å²) in [6.45, 7) is -0.578. The van der Waals surface area contributed by atoms with Crippen molar-refractivity contribution in [3.05, 3.63) is 26.5 Å². The van der Waals surface area contributed by atoms with Crippen molar-refractivity contribution >= 4 is 0 Å². The molecule has 1 aromatic heterocycles. The third-order valence-electron chi connectivity index (χ3n) is 1.15. The zero-order valence-corrected chi connectivity index (χ0v) is 5.42. The second kappa shape index (κ2) is 2.59. The molecule has 0 bridgehead atoms. The summed E-state index contributed by atoms with van der Waals surface area (Å²) in [7, 11) is 0. The van der Waals surface area contributed by atoms with Crippen LogP contribution in [0.3, 0.4) is 0 Å². The van der Waals surface area contributed by atoms with Crippen molar-refractivity contribution in [2.45, 2.75) is 6.61 Å². The van der Waals surface area contributed by atoms with Crippen LogP contribution in [0.2, 0.25) is 0 Å². The Hall–Kier alpha value is -1.56. The Balaban J connectivity index is 3.49. The molecule has 1 aromatic rings. The van der Waals surface area contributed by atoms with E-state index < -0.39 is 23.6 Å². The SMILES string of the molecule is O=c1[nH]c(CO)c(O)c(=O)[nH]1. The number of aromatic nitrogens is 2. The number of hydrogen-bond donors (Lipinski definition) is 4. The number of aliphatic hydroxyl groups excluding tert-OH is 1. The summed E-state index contributed by atoms with van der Waals surface area (Å²) in [5.74, 6) is -0.660. The van der Waals surface area contributed by atoms with Crippen LogP contribution in [0.25, 0.3) is 0 Å². The number of hydrogen-bond acceptors (Lipinski definition) is 4. The van der Waals surface area contributed by atoms with E-state index in [1.54, 1.807) is 4.98 Å². The quantitative estimate of drug-likeness (QED) is 0.389. The van der Waals surface area contributed by atoms with Crippen molar-refractivity contribution in [1.82, 2.24) is 9.97 Å². The fraction of sp³-hybridized carbons (Fsp3) is 0.200. The van der Waals surface area contributed by atoms with Crippen LogP contribution >= 0.6 is 0 Å². The van der Waals surface area contributed by atoms with Crippen molar-refractivity contribution in [3.8, 4) is 5.75 Å². The lowest BCUT2D eigenvalue weighted by atomic mass is 10.4. The number of H-pyrrole nitrogens is 2. The Morgan fingerprint density at radius 1 is 1.27 bits per heavy atom. The third-order valence-corrected chi connectivity index (χ3v) is 1.15. The maximum absolute atomic E-state index is 10.6. The second-order valence-corrected chi connectivity index (χ2v) is 1.89. The zero-order chi connectivity index (χ0) is 8.43. The third kappa shape index (κ3) is 1.30. The lowest BCUT2D eigenvalue weighted by Gasteiger charge is -1.96. The Bertz CT molecular complexity index is 363. The predicted octanol–water partition coefficient (Wildman–Crippen LogP) is -1.74. The summed E-state index contributed by atoms with van der Waals surface area (Å²) in [6, 6.07) is 0. The van der Waals surface area contributed by atoms with E-state index in [-0.39, 0.29) is 5.69 Å². The molecule has 0 saturated carbocycles. The fourth-order valence-electron chi connectivity index (χ4n) is 0.641. The molecule has 0 atom stereocenters. The van der Waals surface area contributed by atoms with Crippen LogP contribution in [-0.4, -0.2) is 20.2 Å². The molecule has 6 heteroatoms. The van der Waals surface area contributed by atoms with E-state index in [1.165, 1.54) is 0 Å². The molecular weight excluding hydrogens is 152 g/mol. The summed E-state index contributed by atoms with van der Waals surface area (Å²) in [4.78, 5) is 24.9. The van der Waals surface area contributed by atoms with Crippen LogP contribution in [0.5, 0.6) is 5.75 Å². The second-order valence-electron chi connectivity index (χ2n) is 1.89. The van der Waals surface area contributed by atoms with Crippen molar-refractivity contribution in [3.63, 3.8) is 0 Å². The highest BCUT2D eigenvalue weighted by molar-refractivity contribution is 5.20. The van der Waals surface area contributed by atoms with E-state index >= 15 is 0 Å². The van der Waals surface area contributed by atoms with Gasteiger partial charge in [-0.15, -0.1) is 0 Å². The molecule has 60 valence electrons. The van der Waals surface area contributed by atoms with Gasteiger partial charge in [-0.25, -0.2) is 4.79 Å². The van der Waals surface area contributed by atoms with Crippen molar-refractivity contribution in [2.24, 2.45) is 0 Å². The molecule has 1 heterocycles. The van der Waals surface area contributed by atoms with Crippen LogP contribution in [0.4, 0.5) is 0 Å². The fourth-order valence-corrected chi connectivity index (χ4v) is 0.641. The highest BCUT2D eigenvalue weighted by Gasteiger charge is 2.04. The first-order chi connectivity index (χ1) is 5.15. The molecule has 1 rings (SSSR count). The summed E-state index contributed by atoms with van der Waals surface area (Å²) < 4.78 is 0. The number of rotatable bonds is 1. The molecule has 0 spiro atoms. The monoisotopic (exact) mass is 158 g/mol. The topological polar surface area (TPSA) is 106 Å². The molecule has 4 N–H and O–H groups in total. The molecule has 6 nitrogen and oxygen atoms in total. The standard InChI is InChI=1S/C5H6N2O4/c8-1-2-3(9)4(10)7-5(11)6-2/h8-9H,1H2,(H2,6,7,10,11). The highest BCUT2D eigenvalue weighted by Crippen LogP contribution is 2.02. The average molecular weight is 158 g/mol. The molecule has 0 fully saturated rings. The molecule has 0 saturated heterocycles. The van der Waals surface area contributed by atoms with Gasteiger partial charge in [0.1, 0.15) is 0 Å². The van der Waals surface area contributed by atoms with E-state index in [9.17, 15) is 9.59 Å². The van der Waals surface area contributed by atoms with Gasteiger partial charge in [-0.2, -0.15) is 0 Å². The van der Waals surface area contributed by atoms with Crippen molar-refractivity contribution in [2.75, 3.05) is 0 Å². The predicted molar refractivity (Wildman–Crippen MR) is 35.3 cm³/mol. The molecule has 0 aromatic carbocycles. The minimum Gasteiger partial charge on any atom is -0.502 e. The number of aromatic amines is 2. The molecule has 0 unspecified atom stereocenters. The maximum atomic E-state index is 10.6. The van der Waals surface area contributed by atoms with E-state index in [2.05, 4.69) is 4.98 Å². The van der Waals surface area contributed by atoms with E-state index in [4.69, 9.17) is 10.2 Å². The minimum atomic E-state index is -0.905. The minimum absolute atomic E-state index is 0.182. The van der Waals surface area contributed by atoms with Gasteiger partial charge in [0.25, 0.3) is 5.56 Å². The smallest absolute Gasteiger partial charge is 0.326 e. The number of aliphatic hydroxyl groups is 1. The number of aromatic hydroxyl groups is 1. The Morgan fingerprint density at radius 2 is 1.91 bits per heavy atom. The molecular formula is C5H6N2O4. The van der Waals surface area contributed by atoms with Crippen LogP contribution in [0.1, 0.15) is 5.69 Å². The van der Waals surface area contributed by atoms with Gasteiger partial charge >= 0.3 is 5.69 Å². The van der Waals surface area contributed by atoms with Crippen LogP contribution in [0, 0.1) is 0 Å². The first-order valence-electron chi connectivity index (χ1n) is 2.80. The summed E-state index contributed by atoms with van der Waals surface area (Å²) in [5.41, 5.74) is -1.84. The average Bonchev–Trinajstić information content (AvgIpc) is 1.96. The number of nitrogens with one attached hydrogen (secondary N) is 2. The van der Waals surface area contributed by atoms with Gasteiger partial charge < -0.3 is 15.2 Å². The lowest BCUT2D eigenvalue weighted by molar-refractivity contribution is 0.268. The first kappa shape index (κ1) is 7.55. The summed E-state index contributed by atoms with van der Waals surface area (Å²) in [5, 5.41) is 17.3. The lowest BCUT2D eigenvalue weighted by Crippen LogP contribution is -2.23. The highest BCUT2D eigenvalue weighted by atomic mass is 16.3. The Kier molecular flexibility index (Phi) is 1.77. The van der Waals surface area contributed by atoms with Gasteiger partial charge in [0, 0.05) is 0 Å². The summed E-state index contributed by atoms with van der Waals surface area (Å²) >= 11 is 0. The van der Waals surface area contributed by atoms with Gasteiger partial charge in [-0.3, -0.25) is 9.78 Å². The van der Waals surface area contributed by atoms with Crippen molar-refractivity contribution < 1.29 is 10.2 Å². The largest absolute Gasteiger partial charge is 0.502 e. The molecule has 0 aliphatic heterocycles. The summed E-state index contributed by atoms with van der Waals surface area (Å²) in [6.07, 6.45) is 0. The molecule has 0 radical (unpaired) electrons. The Morgan fingerprint density at radius 3 is 2.45 bits per heavy atom. The van der Waals surface area contributed by atoms with E-state index in [1.807, 2.05) is 0 Å². The van der Waals surface area contributed by atoms with Gasteiger partial charge in [-0.05, 0) is 0 Å². The normalized spacial score (nSPS) is 9.91. The van der Waals surface area contributed by atoms with Gasteiger partial charge in [0.2, 0.25) is 5.75 Å². The molecule has 11 heavy (non-hydrogen) atoms. The van der Waals surface area contributed by atoms with Crippen LogP contribution < -0.4 is 11.2 Å². The van der Waals surface area contributed by atoms with Gasteiger partial charge in [0.05, 0.1) is 12.3 Å².